The van der Waals surface area contributed by atoms with Crippen molar-refractivity contribution in [3.05, 3.63) is 34.4 Å². The zero-order chi connectivity index (χ0) is 13.9. The van der Waals surface area contributed by atoms with Crippen LogP contribution >= 0.6 is 0 Å². The summed E-state index contributed by atoms with van der Waals surface area (Å²) in [5.74, 6) is -1.14. The van der Waals surface area contributed by atoms with Crippen LogP contribution in [0.2, 0.25) is 0 Å². The van der Waals surface area contributed by atoms with E-state index in [2.05, 4.69) is 0 Å². The summed E-state index contributed by atoms with van der Waals surface area (Å²) in [5.41, 5.74) is 1.16. The molecule has 0 saturated carbocycles. The van der Waals surface area contributed by atoms with Gasteiger partial charge in [0, 0.05) is 24.7 Å². The van der Waals surface area contributed by atoms with E-state index in [1.54, 1.807) is 6.92 Å². The first-order valence-corrected chi connectivity index (χ1v) is 5.96. The Kier molecular flexibility index (Phi) is 2.27. The van der Waals surface area contributed by atoms with Crippen molar-refractivity contribution in [2.45, 2.75) is 13.2 Å². The molecule has 1 aromatic carbocycles. The number of hydrogen-bond acceptors (Lipinski definition) is 4. The Bertz CT molecular complexity index is 638. The summed E-state index contributed by atoms with van der Waals surface area (Å²) in [5, 5.41) is 10.1. The topological polar surface area (TPSA) is 77.9 Å². The van der Waals surface area contributed by atoms with E-state index in [0.29, 0.717) is 17.7 Å². The fourth-order valence-corrected chi connectivity index (χ4v) is 2.57. The van der Waals surface area contributed by atoms with Gasteiger partial charge in [0.05, 0.1) is 11.1 Å². The lowest BCUT2D eigenvalue weighted by atomic mass is 10.0. The molecule has 19 heavy (non-hydrogen) atoms. The van der Waals surface area contributed by atoms with Crippen LogP contribution in [0.5, 0.6) is 0 Å². The van der Waals surface area contributed by atoms with Gasteiger partial charge in [0.2, 0.25) is 0 Å². The Balaban J connectivity index is 2.21. The van der Waals surface area contributed by atoms with Gasteiger partial charge in [-0.25, -0.2) is 0 Å². The number of benzene rings is 1. The number of fused-ring (bicyclic) bond motifs is 2. The van der Waals surface area contributed by atoms with Crippen molar-refractivity contribution in [2.75, 3.05) is 13.6 Å². The van der Waals surface area contributed by atoms with Gasteiger partial charge in [-0.05, 0) is 19.1 Å². The van der Waals surface area contributed by atoms with E-state index < -0.39 is 18.0 Å². The Hall–Kier alpha value is -2.21. The average molecular weight is 260 g/mol. The van der Waals surface area contributed by atoms with Gasteiger partial charge in [-0.3, -0.25) is 19.3 Å². The minimum absolute atomic E-state index is 0.227. The molecular formula is C13H12N2O4. The van der Waals surface area contributed by atoms with Crippen molar-refractivity contribution in [3.63, 3.8) is 0 Å². The van der Waals surface area contributed by atoms with Gasteiger partial charge in [0.1, 0.15) is 0 Å². The summed E-state index contributed by atoms with van der Waals surface area (Å²) in [7, 11) is 1.40. The lowest BCUT2D eigenvalue weighted by Gasteiger charge is -2.18. The summed E-state index contributed by atoms with van der Waals surface area (Å²) in [6, 6.07) is 2.86. The average Bonchev–Trinajstić information content (AvgIpc) is 2.77. The molecule has 6 heteroatoms. The monoisotopic (exact) mass is 260 g/mol. The molecule has 0 spiro atoms. The number of carbonyl (C=O) groups is 3. The van der Waals surface area contributed by atoms with Gasteiger partial charge in [-0.1, -0.05) is 0 Å². The first-order chi connectivity index (χ1) is 8.97. The van der Waals surface area contributed by atoms with E-state index in [1.807, 2.05) is 0 Å². The Labute approximate surface area is 109 Å². The summed E-state index contributed by atoms with van der Waals surface area (Å²) in [6.45, 7) is 2.12. The third kappa shape index (κ3) is 1.31. The molecule has 0 saturated heterocycles. The van der Waals surface area contributed by atoms with Gasteiger partial charge in [0.25, 0.3) is 17.7 Å². The highest BCUT2D eigenvalue weighted by atomic mass is 16.3. The predicted octanol–water partition coefficient (Wildman–Crippen LogP) is 0.379. The molecule has 1 aromatic rings. The number of aliphatic hydroxyl groups is 1. The molecule has 1 atom stereocenters. The highest BCUT2D eigenvalue weighted by Gasteiger charge is 2.40. The first kappa shape index (κ1) is 11.9. The van der Waals surface area contributed by atoms with Crippen LogP contribution in [0.15, 0.2) is 12.1 Å². The molecule has 0 radical (unpaired) electrons. The number of amides is 3. The molecule has 0 aromatic heterocycles. The number of carbonyl (C=O) groups excluding carboxylic acids is 3. The predicted molar refractivity (Wildman–Crippen MR) is 64.5 cm³/mol. The fraction of sp³-hybridized carbons (Fsp3) is 0.308. The van der Waals surface area contributed by atoms with Crippen molar-refractivity contribution in [3.8, 4) is 0 Å². The fourth-order valence-electron chi connectivity index (χ4n) is 2.57. The largest absolute Gasteiger partial charge is 0.369 e. The Morgan fingerprint density at radius 2 is 1.63 bits per heavy atom. The molecule has 0 aliphatic carbocycles. The van der Waals surface area contributed by atoms with Gasteiger partial charge < -0.3 is 10.0 Å². The summed E-state index contributed by atoms with van der Waals surface area (Å²) in [4.78, 5) is 38.1. The second-order valence-corrected chi connectivity index (χ2v) is 4.62. The van der Waals surface area contributed by atoms with Crippen LogP contribution in [0.25, 0.3) is 0 Å². The highest BCUT2D eigenvalue weighted by molar-refractivity contribution is 6.22. The standard InChI is InChI=1S/C13H12N2O4/c1-3-15-12(18)8-4-6-7(5-9(8)13(15)19)11(17)14(2)10(6)16/h4-5,12,18H,3H2,1-2H3. The smallest absolute Gasteiger partial charge is 0.261 e. The molecule has 2 aliphatic heterocycles. The van der Waals surface area contributed by atoms with E-state index in [0.717, 1.165) is 4.90 Å². The lowest BCUT2D eigenvalue weighted by Crippen LogP contribution is -2.27. The van der Waals surface area contributed by atoms with Crippen molar-refractivity contribution >= 4 is 17.7 Å². The van der Waals surface area contributed by atoms with Crippen molar-refractivity contribution < 1.29 is 19.5 Å². The maximum absolute atomic E-state index is 12.1. The first-order valence-electron chi connectivity index (χ1n) is 5.96. The lowest BCUT2D eigenvalue weighted by molar-refractivity contribution is 0.0202. The van der Waals surface area contributed by atoms with E-state index >= 15 is 0 Å². The van der Waals surface area contributed by atoms with Crippen molar-refractivity contribution in [2.24, 2.45) is 0 Å². The highest BCUT2D eigenvalue weighted by Crippen LogP contribution is 2.35. The Morgan fingerprint density at radius 3 is 2.21 bits per heavy atom. The van der Waals surface area contributed by atoms with Crippen molar-refractivity contribution in [1.82, 2.24) is 9.80 Å². The molecule has 2 aliphatic rings. The second-order valence-electron chi connectivity index (χ2n) is 4.62. The molecule has 1 unspecified atom stereocenters. The normalized spacial score (nSPS) is 21.2. The number of rotatable bonds is 1. The molecule has 0 fully saturated rings. The molecule has 3 rings (SSSR count). The minimum atomic E-state index is -1.05. The van der Waals surface area contributed by atoms with Gasteiger partial charge in [0.15, 0.2) is 6.23 Å². The number of imide groups is 1. The summed E-state index contributed by atoms with van der Waals surface area (Å²) < 4.78 is 0. The quantitative estimate of drug-likeness (QED) is 0.740. The van der Waals surface area contributed by atoms with E-state index in [1.165, 1.54) is 24.1 Å². The van der Waals surface area contributed by atoms with Gasteiger partial charge >= 0.3 is 0 Å². The zero-order valence-corrected chi connectivity index (χ0v) is 10.5. The second kappa shape index (κ2) is 3.64. The van der Waals surface area contributed by atoms with Crippen molar-refractivity contribution in [1.29, 1.82) is 0 Å². The molecule has 3 amide bonds. The molecule has 1 N–H and O–H groups in total. The number of aliphatic hydroxyl groups excluding tert-OH is 1. The molecule has 0 bridgehead atoms. The summed E-state index contributed by atoms with van der Waals surface area (Å²) in [6.07, 6.45) is -1.05. The van der Waals surface area contributed by atoms with E-state index in [-0.39, 0.29) is 17.0 Å². The molecular weight excluding hydrogens is 248 g/mol. The molecule has 98 valence electrons. The maximum atomic E-state index is 12.1. The summed E-state index contributed by atoms with van der Waals surface area (Å²) >= 11 is 0. The van der Waals surface area contributed by atoms with E-state index in [9.17, 15) is 19.5 Å². The number of nitrogens with zero attached hydrogens (tertiary/aromatic N) is 2. The van der Waals surface area contributed by atoms with Crippen LogP contribution in [0.3, 0.4) is 0 Å². The molecule has 6 nitrogen and oxygen atoms in total. The Morgan fingerprint density at radius 1 is 1.05 bits per heavy atom. The third-order valence-electron chi connectivity index (χ3n) is 3.67. The number of hydrogen-bond donors (Lipinski definition) is 1. The van der Waals surface area contributed by atoms with Gasteiger partial charge in [-0.2, -0.15) is 0 Å². The third-order valence-corrected chi connectivity index (χ3v) is 3.67. The van der Waals surface area contributed by atoms with Crippen LogP contribution in [0, 0.1) is 0 Å². The van der Waals surface area contributed by atoms with Gasteiger partial charge in [-0.15, -0.1) is 0 Å². The van der Waals surface area contributed by atoms with Crippen LogP contribution in [-0.4, -0.2) is 46.2 Å². The van der Waals surface area contributed by atoms with Crippen LogP contribution in [0.1, 0.15) is 49.8 Å². The SMILES string of the molecule is CCN1C(=O)c2cc3c(cc2C1O)C(=O)N(C)C3=O. The molecule has 2 heterocycles. The van der Waals surface area contributed by atoms with Crippen LogP contribution < -0.4 is 0 Å². The minimum Gasteiger partial charge on any atom is -0.369 e. The maximum Gasteiger partial charge on any atom is 0.261 e. The van der Waals surface area contributed by atoms with Crippen LogP contribution in [-0.2, 0) is 0 Å². The zero-order valence-electron chi connectivity index (χ0n) is 10.5. The van der Waals surface area contributed by atoms with Crippen LogP contribution in [0.4, 0.5) is 0 Å². The van der Waals surface area contributed by atoms with E-state index in [4.69, 9.17) is 0 Å².